The number of aromatic nitrogens is 1. The minimum absolute atomic E-state index is 0.150. The topological polar surface area (TPSA) is 42.0 Å². The number of anilines is 1. The molecule has 0 atom stereocenters. The second-order valence-electron chi connectivity index (χ2n) is 3.97. The highest BCUT2D eigenvalue weighted by Gasteiger charge is 1.96. The molecule has 0 aliphatic rings. The van der Waals surface area contributed by atoms with Gasteiger partial charge in [-0.1, -0.05) is 29.8 Å². The molecular weight excluding hydrogens is 224 g/mol. The number of aryl methyl sites for hydroxylation is 1. The highest BCUT2D eigenvalue weighted by atomic mass is 16.1. The normalized spacial score (nSPS) is 10.5. The molecule has 1 N–H and O–H groups in total. The highest BCUT2D eigenvalue weighted by molar-refractivity contribution is 6.01. The van der Waals surface area contributed by atoms with Crippen molar-refractivity contribution in [3.63, 3.8) is 0 Å². The van der Waals surface area contributed by atoms with Gasteiger partial charge in [0.1, 0.15) is 0 Å². The van der Waals surface area contributed by atoms with Crippen molar-refractivity contribution in [1.29, 1.82) is 0 Å². The third-order valence-corrected chi connectivity index (χ3v) is 2.42. The SMILES string of the molecule is Cc1cccc(/C=C/C(=O)Nc2ccncc2)c1. The second-order valence-corrected chi connectivity index (χ2v) is 3.97. The molecule has 1 aromatic heterocycles. The minimum atomic E-state index is -0.150. The van der Waals surface area contributed by atoms with E-state index in [0.717, 1.165) is 11.3 Å². The van der Waals surface area contributed by atoms with E-state index in [1.807, 2.05) is 31.2 Å². The van der Waals surface area contributed by atoms with E-state index >= 15 is 0 Å². The first-order valence-electron chi connectivity index (χ1n) is 5.70. The summed E-state index contributed by atoms with van der Waals surface area (Å²) in [5.41, 5.74) is 2.93. The fourth-order valence-electron chi connectivity index (χ4n) is 1.56. The van der Waals surface area contributed by atoms with Crippen molar-refractivity contribution in [3.8, 4) is 0 Å². The summed E-state index contributed by atoms with van der Waals surface area (Å²) < 4.78 is 0. The van der Waals surface area contributed by atoms with Gasteiger partial charge in [0.2, 0.25) is 5.91 Å². The van der Waals surface area contributed by atoms with Crippen molar-refractivity contribution in [3.05, 3.63) is 66.0 Å². The number of amides is 1. The first kappa shape index (κ1) is 12.0. The van der Waals surface area contributed by atoms with Gasteiger partial charge in [-0.2, -0.15) is 0 Å². The molecule has 0 saturated heterocycles. The predicted octanol–water partition coefficient (Wildman–Crippen LogP) is 3.04. The lowest BCUT2D eigenvalue weighted by molar-refractivity contribution is -0.111. The zero-order chi connectivity index (χ0) is 12.8. The second kappa shape index (κ2) is 5.77. The Kier molecular flexibility index (Phi) is 3.86. The van der Waals surface area contributed by atoms with Crippen LogP contribution in [0.5, 0.6) is 0 Å². The van der Waals surface area contributed by atoms with Gasteiger partial charge in [0.05, 0.1) is 0 Å². The Hall–Kier alpha value is -2.42. The number of nitrogens with zero attached hydrogens (tertiary/aromatic N) is 1. The van der Waals surface area contributed by atoms with Crippen molar-refractivity contribution in [2.24, 2.45) is 0 Å². The maximum Gasteiger partial charge on any atom is 0.248 e. The molecule has 3 heteroatoms. The molecule has 0 unspecified atom stereocenters. The van der Waals surface area contributed by atoms with E-state index in [-0.39, 0.29) is 5.91 Å². The largest absolute Gasteiger partial charge is 0.322 e. The molecule has 90 valence electrons. The number of nitrogens with one attached hydrogen (secondary N) is 1. The molecule has 2 rings (SSSR count). The summed E-state index contributed by atoms with van der Waals surface area (Å²) in [5.74, 6) is -0.150. The van der Waals surface area contributed by atoms with Crippen LogP contribution in [0.1, 0.15) is 11.1 Å². The van der Waals surface area contributed by atoms with Crippen molar-refractivity contribution >= 4 is 17.7 Å². The molecule has 0 aliphatic carbocycles. The summed E-state index contributed by atoms with van der Waals surface area (Å²) in [6.45, 7) is 2.02. The lowest BCUT2D eigenvalue weighted by atomic mass is 10.1. The molecular formula is C15H14N2O. The maximum atomic E-state index is 11.7. The molecule has 18 heavy (non-hydrogen) atoms. The van der Waals surface area contributed by atoms with Crippen LogP contribution in [0, 0.1) is 6.92 Å². The zero-order valence-corrected chi connectivity index (χ0v) is 10.1. The first-order valence-corrected chi connectivity index (χ1v) is 5.70. The van der Waals surface area contributed by atoms with Gasteiger partial charge in [0.15, 0.2) is 0 Å². The Balaban J connectivity index is 1.99. The third kappa shape index (κ3) is 3.56. The van der Waals surface area contributed by atoms with Crippen LogP contribution in [0.15, 0.2) is 54.9 Å². The quantitative estimate of drug-likeness (QED) is 0.835. The van der Waals surface area contributed by atoms with E-state index in [1.165, 1.54) is 11.6 Å². The summed E-state index contributed by atoms with van der Waals surface area (Å²) >= 11 is 0. The molecule has 0 fully saturated rings. The summed E-state index contributed by atoms with van der Waals surface area (Å²) in [6.07, 6.45) is 6.60. The minimum Gasteiger partial charge on any atom is -0.322 e. The molecule has 0 bridgehead atoms. The summed E-state index contributed by atoms with van der Waals surface area (Å²) in [7, 11) is 0. The smallest absolute Gasteiger partial charge is 0.248 e. The molecule has 0 saturated carbocycles. The summed E-state index contributed by atoms with van der Waals surface area (Å²) in [5, 5.41) is 2.76. The number of benzene rings is 1. The number of hydrogen-bond acceptors (Lipinski definition) is 2. The molecule has 2 aromatic rings. The van der Waals surface area contributed by atoms with E-state index in [2.05, 4.69) is 10.3 Å². The van der Waals surface area contributed by atoms with Gasteiger partial charge < -0.3 is 5.32 Å². The average Bonchev–Trinajstić information content (AvgIpc) is 2.38. The maximum absolute atomic E-state index is 11.7. The Morgan fingerprint density at radius 1 is 1.22 bits per heavy atom. The van der Waals surface area contributed by atoms with E-state index in [9.17, 15) is 4.79 Å². The third-order valence-electron chi connectivity index (χ3n) is 2.42. The Morgan fingerprint density at radius 3 is 2.72 bits per heavy atom. The lowest BCUT2D eigenvalue weighted by Gasteiger charge is -2.00. The van der Waals surface area contributed by atoms with Crippen LogP contribution in [0.3, 0.4) is 0 Å². The number of pyridine rings is 1. The van der Waals surface area contributed by atoms with E-state index in [0.29, 0.717) is 0 Å². The van der Waals surface area contributed by atoms with Crippen molar-refractivity contribution in [2.45, 2.75) is 6.92 Å². The van der Waals surface area contributed by atoms with E-state index < -0.39 is 0 Å². The van der Waals surface area contributed by atoms with Gasteiger partial charge in [0, 0.05) is 24.2 Å². The molecule has 1 aromatic carbocycles. The van der Waals surface area contributed by atoms with Gasteiger partial charge in [-0.3, -0.25) is 9.78 Å². The van der Waals surface area contributed by atoms with E-state index in [4.69, 9.17) is 0 Å². The number of rotatable bonds is 3. The standard InChI is InChI=1S/C15H14N2O/c1-12-3-2-4-13(11-12)5-6-15(18)17-14-7-9-16-10-8-14/h2-11H,1H3,(H,16,17,18)/b6-5+. The summed E-state index contributed by atoms with van der Waals surface area (Å²) in [6, 6.07) is 11.5. The zero-order valence-electron chi connectivity index (χ0n) is 10.1. The van der Waals surface area contributed by atoms with Crippen LogP contribution in [0.25, 0.3) is 6.08 Å². The van der Waals surface area contributed by atoms with Crippen LogP contribution in [-0.2, 0) is 4.79 Å². The van der Waals surface area contributed by atoms with Gasteiger partial charge >= 0.3 is 0 Å². The first-order chi connectivity index (χ1) is 8.74. The van der Waals surface area contributed by atoms with Crippen LogP contribution >= 0.6 is 0 Å². The Morgan fingerprint density at radius 2 is 2.00 bits per heavy atom. The molecule has 1 heterocycles. The highest BCUT2D eigenvalue weighted by Crippen LogP contribution is 2.07. The Bertz CT molecular complexity index is 562. The van der Waals surface area contributed by atoms with Crippen LogP contribution in [0.2, 0.25) is 0 Å². The predicted molar refractivity (Wildman–Crippen MR) is 73.1 cm³/mol. The number of carbonyl (C=O) groups excluding carboxylic acids is 1. The van der Waals surface area contributed by atoms with Crippen LogP contribution in [-0.4, -0.2) is 10.9 Å². The van der Waals surface area contributed by atoms with Gasteiger partial charge in [-0.05, 0) is 30.7 Å². The summed E-state index contributed by atoms with van der Waals surface area (Å²) in [4.78, 5) is 15.5. The van der Waals surface area contributed by atoms with Crippen LogP contribution < -0.4 is 5.32 Å². The molecule has 0 radical (unpaired) electrons. The van der Waals surface area contributed by atoms with Crippen molar-refractivity contribution in [2.75, 3.05) is 5.32 Å². The fourth-order valence-corrected chi connectivity index (χ4v) is 1.56. The molecule has 3 nitrogen and oxygen atoms in total. The van der Waals surface area contributed by atoms with Crippen molar-refractivity contribution in [1.82, 2.24) is 4.98 Å². The van der Waals surface area contributed by atoms with Crippen molar-refractivity contribution < 1.29 is 4.79 Å². The lowest BCUT2D eigenvalue weighted by Crippen LogP contribution is -2.07. The van der Waals surface area contributed by atoms with Crippen LogP contribution in [0.4, 0.5) is 5.69 Å². The number of hydrogen-bond donors (Lipinski definition) is 1. The Labute approximate surface area is 106 Å². The number of carbonyl (C=O) groups is 1. The fraction of sp³-hybridized carbons (Fsp3) is 0.0667. The van der Waals surface area contributed by atoms with E-state index in [1.54, 1.807) is 30.6 Å². The molecule has 1 amide bonds. The monoisotopic (exact) mass is 238 g/mol. The van der Waals surface area contributed by atoms with Gasteiger partial charge in [0.25, 0.3) is 0 Å². The molecule has 0 spiro atoms. The van der Waals surface area contributed by atoms with Gasteiger partial charge in [-0.15, -0.1) is 0 Å². The molecule has 0 aliphatic heterocycles. The van der Waals surface area contributed by atoms with Gasteiger partial charge in [-0.25, -0.2) is 0 Å². The average molecular weight is 238 g/mol.